The lowest BCUT2D eigenvalue weighted by atomic mass is 9.96. The molecule has 2 aromatic carbocycles. The van der Waals surface area contributed by atoms with Crippen molar-refractivity contribution >= 4 is 16.7 Å². The summed E-state index contributed by atoms with van der Waals surface area (Å²) in [7, 11) is 0. The minimum absolute atomic E-state index is 0.0805. The summed E-state index contributed by atoms with van der Waals surface area (Å²) in [6.45, 7) is 3.90. The Morgan fingerprint density at radius 3 is 2.70 bits per heavy atom. The molecule has 1 aromatic heterocycles. The number of benzene rings is 2. The number of carbonyl (C=O) groups is 1. The molecule has 3 heteroatoms. The number of ketones is 1. The number of hydrogen-bond donors (Lipinski definition) is 1. The molecule has 0 unspecified atom stereocenters. The molecule has 0 spiro atoms. The number of aromatic nitrogens is 1. The van der Waals surface area contributed by atoms with Crippen LogP contribution in [0.3, 0.4) is 0 Å². The fourth-order valence-corrected chi connectivity index (χ4v) is 2.42. The van der Waals surface area contributed by atoms with E-state index in [0.29, 0.717) is 16.5 Å². The largest absolute Gasteiger partial charge is 0.360 e. The molecule has 20 heavy (non-hydrogen) atoms. The second kappa shape index (κ2) is 4.60. The van der Waals surface area contributed by atoms with Crippen molar-refractivity contribution in [2.75, 3.05) is 0 Å². The fourth-order valence-electron chi connectivity index (χ4n) is 2.42. The van der Waals surface area contributed by atoms with Crippen LogP contribution < -0.4 is 0 Å². The minimum atomic E-state index is -0.341. The molecule has 0 aliphatic carbocycles. The van der Waals surface area contributed by atoms with E-state index in [1.54, 1.807) is 12.3 Å². The van der Waals surface area contributed by atoms with Gasteiger partial charge in [-0.2, -0.15) is 0 Å². The molecule has 0 bridgehead atoms. The Bertz CT molecular complexity index is 817. The van der Waals surface area contributed by atoms with Crippen molar-refractivity contribution in [3.8, 4) is 0 Å². The Balaban J connectivity index is 2.18. The minimum Gasteiger partial charge on any atom is -0.360 e. The average Bonchev–Trinajstić information content (AvgIpc) is 2.84. The van der Waals surface area contributed by atoms with E-state index in [2.05, 4.69) is 4.98 Å². The first-order chi connectivity index (χ1) is 9.58. The highest BCUT2D eigenvalue weighted by Crippen LogP contribution is 2.24. The van der Waals surface area contributed by atoms with Gasteiger partial charge >= 0.3 is 0 Å². The van der Waals surface area contributed by atoms with E-state index >= 15 is 0 Å². The van der Waals surface area contributed by atoms with Crippen LogP contribution in [0.1, 0.15) is 27.0 Å². The zero-order valence-electron chi connectivity index (χ0n) is 11.3. The van der Waals surface area contributed by atoms with Crippen LogP contribution in [0.5, 0.6) is 0 Å². The molecule has 0 saturated heterocycles. The third-order valence-corrected chi connectivity index (χ3v) is 3.74. The van der Waals surface area contributed by atoms with E-state index in [0.717, 1.165) is 16.6 Å². The second-order valence-corrected chi connectivity index (χ2v) is 4.97. The average molecular weight is 267 g/mol. The Labute approximate surface area is 116 Å². The number of fused-ring (bicyclic) bond motifs is 1. The molecule has 1 heterocycles. The lowest BCUT2D eigenvalue weighted by Crippen LogP contribution is -2.04. The van der Waals surface area contributed by atoms with Gasteiger partial charge < -0.3 is 4.98 Å². The fraction of sp³-hybridized carbons (Fsp3) is 0.118. The second-order valence-electron chi connectivity index (χ2n) is 4.97. The molecule has 100 valence electrons. The van der Waals surface area contributed by atoms with Crippen LogP contribution in [0.2, 0.25) is 0 Å². The maximum Gasteiger partial charge on any atom is 0.195 e. The molecule has 0 saturated carbocycles. The molecular weight excluding hydrogens is 253 g/mol. The van der Waals surface area contributed by atoms with Gasteiger partial charge in [0.25, 0.3) is 0 Å². The van der Waals surface area contributed by atoms with Crippen molar-refractivity contribution < 1.29 is 9.18 Å². The smallest absolute Gasteiger partial charge is 0.195 e. The predicted molar refractivity (Wildman–Crippen MR) is 77.6 cm³/mol. The van der Waals surface area contributed by atoms with Crippen LogP contribution in [-0.2, 0) is 0 Å². The van der Waals surface area contributed by atoms with Crippen LogP contribution in [-0.4, -0.2) is 10.8 Å². The SMILES string of the molecule is Cc1cccc(C(=O)c2c[nH]c3ccc(F)cc23)c1C. The molecule has 0 atom stereocenters. The van der Waals surface area contributed by atoms with Gasteiger partial charge in [-0.15, -0.1) is 0 Å². The summed E-state index contributed by atoms with van der Waals surface area (Å²) in [5, 5.41) is 0.621. The van der Waals surface area contributed by atoms with Gasteiger partial charge in [0.05, 0.1) is 0 Å². The zero-order valence-corrected chi connectivity index (χ0v) is 11.3. The number of halogens is 1. The first kappa shape index (κ1) is 12.6. The molecule has 1 N–H and O–H groups in total. The zero-order chi connectivity index (χ0) is 14.3. The van der Waals surface area contributed by atoms with Crippen molar-refractivity contribution in [3.63, 3.8) is 0 Å². The van der Waals surface area contributed by atoms with Gasteiger partial charge in [-0.25, -0.2) is 4.39 Å². The monoisotopic (exact) mass is 267 g/mol. The third kappa shape index (κ3) is 1.92. The molecule has 0 aliphatic heterocycles. The van der Waals surface area contributed by atoms with Crippen LogP contribution in [0.4, 0.5) is 4.39 Å². The van der Waals surface area contributed by atoms with Gasteiger partial charge in [-0.1, -0.05) is 18.2 Å². The quantitative estimate of drug-likeness (QED) is 0.695. The van der Waals surface area contributed by atoms with Crippen molar-refractivity contribution in [3.05, 3.63) is 70.7 Å². The maximum atomic E-state index is 13.4. The third-order valence-electron chi connectivity index (χ3n) is 3.74. The summed E-state index contributed by atoms with van der Waals surface area (Å²) in [4.78, 5) is 15.7. The number of nitrogens with one attached hydrogen (secondary N) is 1. The standard InChI is InChI=1S/C17H14FNO/c1-10-4-3-5-13(11(10)2)17(20)15-9-19-16-7-6-12(18)8-14(15)16/h3-9,19H,1-2H3. The summed E-state index contributed by atoms with van der Waals surface area (Å²) in [5.74, 6) is -0.421. The van der Waals surface area contributed by atoms with Crippen LogP contribution in [0.15, 0.2) is 42.6 Å². The number of rotatable bonds is 2. The van der Waals surface area contributed by atoms with Crippen LogP contribution in [0, 0.1) is 19.7 Å². The maximum absolute atomic E-state index is 13.4. The number of hydrogen-bond acceptors (Lipinski definition) is 1. The van der Waals surface area contributed by atoms with Crippen molar-refractivity contribution in [2.45, 2.75) is 13.8 Å². The van der Waals surface area contributed by atoms with Crippen LogP contribution in [0.25, 0.3) is 10.9 Å². The van der Waals surface area contributed by atoms with Crippen LogP contribution >= 0.6 is 0 Å². The van der Waals surface area contributed by atoms with Crippen molar-refractivity contribution in [2.24, 2.45) is 0 Å². The molecule has 3 rings (SSSR count). The highest BCUT2D eigenvalue weighted by Gasteiger charge is 2.16. The van der Waals surface area contributed by atoms with E-state index in [4.69, 9.17) is 0 Å². The number of carbonyl (C=O) groups excluding carboxylic acids is 1. The van der Waals surface area contributed by atoms with Gasteiger partial charge in [0.2, 0.25) is 0 Å². The highest BCUT2D eigenvalue weighted by molar-refractivity contribution is 6.17. The van der Waals surface area contributed by atoms with Gasteiger partial charge in [-0.05, 0) is 43.2 Å². The van der Waals surface area contributed by atoms with Crippen molar-refractivity contribution in [1.82, 2.24) is 4.98 Å². The van der Waals surface area contributed by atoms with Crippen molar-refractivity contribution in [1.29, 1.82) is 0 Å². The lowest BCUT2D eigenvalue weighted by molar-refractivity contribution is 0.103. The van der Waals surface area contributed by atoms with E-state index < -0.39 is 0 Å². The Morgan fingerprint density at radius 2 is 1.90 bits per heavy atom. The Kier molecular flexibility index (Phi) is 2.90. The molecule has 2 nitrogen and oxygen atoms in total. The molecule has 0 aliphatic rings. The van der Waals surface area contributed by atoms with E-state index in [1.165, 1.54) is 12.1 Å². The summed E-state index contributed by atoms with van der Waals surface area (Å²) < 4.78 is 13.4. The molecular formula is C17H14FNO. The summed E-state index contributed by atoms with van der Waals surface area (Å²) >= 11 is 0. The Hall–Kier alpha value is -2.42. The van der Waals surface area contributed by atoms with E-state index in [1.807, 2.05) is 32.0 Å². The highest BCUT2D eigenvalue weighted by atomic mass is 19.1. The normalized spacial score (nSPS) is 10.9. The van der Waals surface area contributed by atoms with Gasteiger partial charge in [0.1, 0.15) is 5.82 Å². The topological polar surface area (TPSA) is 32.9 Å². The number of aryl methyl sites for hydroxylation is 1. The van der Waals surface area contributed by atoms with Gasteiger partial charge in [0.15, 0.2) is 5.78 Å². The summed E-state index contributed by atoms with van der Waals surface area (Å²) in [5.41, 5.74) is 3.97. The van der Waals surface area contributed by atoms with E-state index in [9.17, 15) is 9.18 Å². The first-order valence-electron chi connectivity index (χ1n) is 6.45. The molecule has 0 amide bonds. The first-order valence-corrected chi connectivity index (χ1v) is 6.45. The summed E-state index contributed by atoms with van der Waals surface area (Å²) in [6.07, 6.45) is 1.65. The summed E-state index contributed by atoms with van der Waals surface area (Å²) in [6, 6.07) is 10.1. The number of aromatic amines is 1. The van der Waals surface area contributed by atoms with E-state index in [-0.39, 0.29) is 11.6 Å². The van der Waals surface area contributed by atoms with Gasteiger partial charge in [-0.3, -0.25) is 4.79 Å². The molecule has 0 radical (unpaired) electrons. The Morgan fingerprint density at radius 1 is 1.10 bits per heavy atom. The lowest BCUT2D eigenvalue weighted by Gasteiger charge is -2.07. The number of H-pyrrole nitrogens is 1. The predicted octanol–water partition coefficient (Wildman–Crippen LogP) is 4.15. The molecule has 0 fully saturated rings. The molecule has 3 aromatic rings. The van der Waals surface area contributed by atoms with Gasteiger partial charge in [0, 0.05) is 28.2 Å².